The maximum Gasteiger partial charge on any atom is 0.325 e. The zero-order valence-corrected chi connectivity index (χ0v) is 14.5. The Bertz CT molecular complexity index is 795. The fourth-order valence-corrected chi connectivity index (χ4v) is 3.58. The second-order valence-corrected chi connectivity index (χ2v) is 7.25. The van der Waals surface area contributed by atoms with Gasteiger partial charge < -0.3 is 10.4 Å². The number of anilines is 1. The smallest absolute Gasteiger partial charge is 0.325 e. The van der Waals surface area contributed by atoms with Crippen LogP contribution in [0.3, 0.4) is 0 Å². The van der Waals surface area contributed by atoms with Gasteiger partial charge in [-0.3, -0.25) is 14.3 Å². The number of hydrogen-bond donors (Lipinski definition) is 2. The zero-order chi connectivity index (χ0) is 18.0. The number of nitrogens with zero attached hydrogens (tertiary/aromatic N) is 2. The maximum atomic E-state index is 12.4. The highest BCUT2D eigenvalue weighted by Crippen LogP contribution is 2.43. The highest BCUT2D eigenvalue weighted by Gasteiger charge is 2.33. The lowest BCUT2D eigenvalue weighted by molar-refractivity contribution is -0.137. The summed E-state index contributed by atoms with van der Waals surface area (Å²) in [5.74, 6) is -0.483. The molecule has 1 aliphatic rings. The van der Waals surface area contributed by atoms with E-state index in [-0.39, 0.29) is 23.8 Å². The Labute approximate surface area is 146 Å². The van der Waals surface area contributed by atoms with Crippen LogP contribution in [0.2, 0.25) is 0 Å². The van der Waals surface area contributed by atoms with E-state index in [2.05, 4.69) is 42.5 Å². The van der Waals surface area contributed by atoms with Gasteiger partial charge in [0.25, 0.3) is 0 Å². The molecule has 1 aliphatic carbocycles. The van der Waals surface area contributed by atoms with E-state index in [1.807, 2.05) is 6.07 Å². The van der Waals surface area contributed by atoms with Gasteiger partial charge in [0.1, 0.15) is 6.54 Å². The van der Waals surface area contributed by atoms with Crippen molar-refractivity contribution >= 4 is 17.7 Å². The molecule has 0 radical (unpaired) electrons. The molecule has 1 aromatic carbocycles. The molecular formula is C19H23N3O3. The molecule has 6 nitrogen and oxygen atoms in total. The van der Waals surface area contributed by atoms with Crippen molar-refractivity contribution in [2.75, 3.05) is 5.32 Å². The normalized spacial score (nSPS) is 18.4. The fraction of sp³-hybridized carbons (Fsp3) is 0.421. The molecule has 3 rings (SSSR count). The third-order valence-corrected chi connectivity index (χ3v) is 4.88. The largest absolute Gasteiger partial charge is 0.480 e. The predicted molar refractivity (Wildman–Crippen MR) is 94.6 cm³/mol. The molecule has 0 saturated carbocycles. The number of carboxylic acids is 1. The summed E-state index contributed by atoms with van der Waals surface area (Å²) in [6.45, 7) is 4.27. The molecule has 0 saturated heterocycles. The van der Waals surface area contributed by atoms with Gasteiger partial charge in [0, 0.05) is 18.7 Å². The number of benzene rings is 1. The van der Waals surface area contributed by atoms with E-state index < -0.39 is 5.97 Å². The fourth-order valence-electron chi connectivity index (χ4n) is 3.58. The minimum absolute atomic E-state index is 0.0971. The third kappa shape index (κ3) is 3.90. The minimum Gasteiger partial charge on any atom is -0.480 e. The van der Waals surface area contributed by atoms with Crippen LogP contribution >= 0.6 is 0 Å². The van der Waals surface area contributed by atoms with Crippen molar-refractivity contribution in [1.29, 1.82) is 0 Å². The Morgan fingerprint density at radius 2 is 2.08 bits per heavy atom. The number of amides is 1. The summed E-state index contributed by atoms with van der Waals surface area (Å²) >= 11 is 0. The zero-order valence-electron chi connectivity index (χ0n) is 14.5. The molecule has 0 spiro atoms. The first-order valence-electron chi connectivity index (χ1n) is 8.50. The van der Waals surface area contributed by atoms with Gasteiger partial charge >= 0.3 is 5.97 Å². The summed E-state index contributed by atoms with van der Waals surface area (Å²) in [4.78, 5) is 23.1. The van der Waals surface area contributed by atoms with Gasteiger partial charge in [-0.25, -0.2) is 0 Å². The van der Waals surface area contributed by atoms with Crippen LogP contribution in [0.1, 0.15) is 50.2 Å². The molecule has 6 heteroatoms. The number of aromatic nitrogens is 2. The van der Waals surface area contributed by atoms with Crippen LogP contribution in [0.5, 0.6) is 0 Å². The molecule has 25 heavy (non-hydrogen) atoms. The van der Waals surface area contributed by atoms with Crippen molar-refractivity contribution in [2.45, 2.75) is 51.0 Å². The van der Waals surface area contributed by atoms with Crippen molar-refractivity contribution in [1.82, 2.24) is 9.78 Å². The maximum absolute atomic E-state index is 12.4. The number of hydrogen-bond acceptors (Lipinski definition) is 3. The van der Waals surface area contributed by atoms with E-state index in [0.717, 1.165) is 12.8 Å². The number of carbonyl (C=O) groups is 2. The summed E-state index contributed by atoms with van der Waals surface area (Å²) in [7, 11) is 0. The van der Waals surface area contributed by atoms with Crippen LogP contribution in [0.15, 0.2) is 36.5 Å². The molecule has 2 aromatic rings. The molecular weight excluding hydrogens is 318 g/mol. The molecule has 0 bridgehead atoms. The monoisotopic (exact) mass is 341 g/mol. The van der Waals surface area contributed by atoms with E-state index in [1.54, 1.807) is 12.3 Å². The number of rotatable bonds is 5. The number of fused-ring (bicyclic) bond motifs is 1. The average Bonchev–Trinajstić information content (AvgIpc) is 2.96. The predicted octanol–water partition coefficient (Wildman–Crippen LogP) is 3.15. The Morgan fingerprint density at radius 1 is 1.32 bits per heavy atom. The molecule has 1 amide bonds. The van der Waals surface area contributed by atoms with Crippen molar-refractivity contribution in [3.63, 3.8) is 0 Å². The number of aliphatic carboxylic acids is 1. The van der Waals surface area contributed by atoms with E-state index >= 15 is 0 Å². The molecule has 1 atom stereocenters. The molecule has 2 N–H and O–H groups in total. The van der Waals surface area contributed by atoms with Crippen molar-refractivity contribution in [3.05, 3.63) is 47.7 Å². The van der Waals surface area contributed by atoms with Crippen LogP contribution in [-0.4, -0.2) is 26.8 Å². The number of nitrogens with one attached hydrogen (secondary N) is 1. The van der Waals surface area contributed by atoms with Crippen LogP contribution in [-0.2, 0) is 21.5 Å². The van der Waals surface area contributed by atoms with E-state index in [9.17, 15) is 9.59 Å². The van der Waals surface area contributed by atoms with Gasteiger partial charge in [0.15, 0.2) is 5.82 Å². The summed E-state index contributed by atoms with van der Waals surface area (Å²) in [6, 6.07) is 9.97. The Balaban J connectivity index is 1.67. The number of carbonyl (C=O) groups excluding carboxylic acids is 1. The van der Waals surface area contributed by atoms with Crippen molar-refractivity contribution in [3.8, 4) is 0 Å². The summed E-state index contributed by atoms with van der Waals surface area (Å²) in [5.41, 5.74) is 2.72. The molecule has 1 unspecified atom stereocenters. The SMILES string of the molecule is CC1(C)CCC(CC(=O)Nc2ccn(CC(=O)O)n2)c2ccccc21. The first-order valence-corrected chi connectivity index (χ1v) is 8.50. The first-order chi connectivity index (χ1) is 11.8. The van der Waals surface area contributed by atoms with Gasteiger partial charge in [-0.1, -0.05) is 38.1 Å². The average molecular weight is 341 g/mol. The first kappa shape index (κ1) is 17.2. The summed E-state index contributed by atoms with van der Waals surface area (Å²) < 4.78 is 1.29. The standard InChI is InChI=1S/C19H23N3O3/c1-19(2)9-7-13(14-5-3-4-6-15(14)19)11-17(23)20-16-8-10-22(21-16)12-18(24)25/h3-6,8,10,13H,7,9,11-12H2,1-2H3,(H,24,25)(H,20,21,23). The van der Waals surface area contributed by atoms with Gasteiger partial charge in [0.2, 0.25) is 5.91 Å². The molecule has 0 aliphatic heterocycles. The lowest BCUT2D eigenvalue weighted by atomic mass is 9.68. The Morgan fingerprint density at radius 3 is 2.84 bits per heavy atom. The highest BCUT2D eigenvalue weighted by atomic mass is 16.4. The summed E-state index contributed by atoms with van der Waals surface area (Å²) in [6.07, 6.45) is 3.97. The Hall–Kier alpha value is -2.63. The van der Waals surface area contributed by atoms with Gasteiger partial charge in [-0.15, -0.1) is 0 Å². The quantitative estimate of drug-likeness (QED) is 0.875. The van der Waals surface area contributed by atoms with Crippen LogP contribution < -0.4 is 5.32 Å². The number of carboxylic acid groups (broad SMARTS) is 1. The second kappa shape index (κ2) is 6.70. The summed E-state index contributed by atoms with van der Waals surface area (Å²) in [5, 5.41) is 15.6. The van der Waals surface area contributed by atoms with Crippen molar-refractivity contribution in [2.24, 2.45) is 0 Å². The van der Waals surface area contributed by atoms with Crippen molar-refractivity contribution < 1.29 is 14.7 Å². The van der Waals surface area contributed by atoms with E-state index in [0.29, 0.717) is 12.2 Å². The lowest BCUT2D eigenvalue weighted by Crippen LogP contribution is -2.28. The third-order valence-electron chi connectivity index (χ3n) is 4.88. The van der Waals surface area contributed by atoms with Crippen LogP contribution in [0.4, 0.5) is 5.82 Å². The Kier molecular flexibility index (Phi) is 4.61. The van der Waals surface area contributed by atoms with Crippen LogP contribution in [0.25, 0.3) is 0 Å². The van der Waals surface area contributed by atoms with Gasteiger partial charge in [0.05, 0.1) is 0 Å². The highest BCUT2D eigenvalue weighted by molar-refractivity contribution is 5.90. The van der Waals surface area contributed by atoms with E-state index in [4.69, 9.17) is 5.11 Å². The molecule has 132 valence electrons. The lowest BCUT2D eigenvalue weighted by Gasteiger charge is -2.37. The van der Waals surface area contributed by atoms with Crippen LogP contribution in [0, 0.1) is 0 Å². The van der Waals surface area contributed by atoms with E-state index in [1.165, 1.54) is 15.8 Å². The van der Waals surface area contributed by atoms with Gasteiger partial charge in [-0.2, -0.15) is 5.10 Å². The molecule has 1 aromatic heterocycles. The molecule has 0 fully saturated rings. The topological polar surface area (TPSA) is 84.2 Å². The van der Waals surface area contributed by atoms with Gasteiger partial charge in [-0.05, 0) is 35.3 Å². The second-order valence-electron chi connectivity index (χ2n) is 7.25. The molecule has 1 heterocycles. The minimum atomic E-state index is -0.970.